The fourth-order valence-corrected chi connectivity index (χ4v) is 2.61. The van der Waals surface area contributed by atoms with E-state index in [1.54, 1.807) is 0 Å². The summed E-state index contributed by atoms with van der Waals surface area (Å²) >= 11 is 0. The van der Waals surface area contributed by atoms with Gasteiger partial charge in [-0.05, 0) is 38.0 Å². The molecule has 4 heteroatoms. The van der Waals surface area contributed by atoms with Crippen LogP contribution in [0.1, 0.15) is 45.9 Å². The second-order valence-corrected chi connectivity index (χ2v) is 6.74. The molecule has 2 rings (SSSR count). The monoisotopic (exact) mass is 291 g/mol. The summed E-state index contributed by atoms with van der Waals surface area (Å²) in [6, 6.07) is 4.93. The van der Waals surface area contributed by atoms with E-state index in [2.05, 4.69) is 57.0 Å². The van der Waals surface area contributed by atoms with Crippen LogP contribution in [0.2, 0.25) is 0 Å². The molecule has 0 radical (unpaired) electrons. The van der Waals surface area contributed by atoms with E-state index in [0.29, 0.717) is 6.04 Å². The van der Waals surface area contributed by atoms with Crippen LogP contribution in [0.3, 0.4) is 0 Å². The van der Waals surface area contributed by atoms with E-state index in [4.69, 9.17) is 9.72 Å². The maximum Gasteiger partial charge on any atom is 0.129 e. The van der Waals surface area contributed by atoms with Gasteiger partial charge in [0.15, 0.2) is 0 Å². The zero-order chi connectivity index (χ0) is 15.5. The Labute approximate surface area is 128 Å². The van der Waals surface area contributed by atoms with Crippen LogP contribution in [0.5, 0.6) is 0 Å². The van der Waals surface area contributed by atoms with Gasteiger partial charge in [0.05, 0.1) is 12.2 Å². The summed E-state index contributed by atoms with van der Waals surface area (Å²) in [6.07, 6.45) is 0.969. The van der Waals surface area contributed by atoms with Gasteiger partial charge in [-0.1, -0.05) is 20.8 Å². The summed E-state index contributed by atoms with van der Waals surface area (Å²) in [5.74, 6) is 1.09. The molecule has 118 valence electrons. The highest BCUT2D eigenvalue weighted by Crippen LogP contribution is 2.23. The van der Waals surface area contributed by atoms with E-state index in [-0.39, 0.29) is 5.60 Å². The van der Waals surface area contributed by atoms with Crippen molar-refractivity contribution in [3.8, 4) is 0 Å². The van der Waals surface area contributed by atoms with E-state index < -0.39 is 0 Å². The molecule has 0 atom stereocenters. The van der Waals surface area contributed by atoms with E-state index in [1.165, 1.54) is 5.56 Å². The second-order valence-electron chi connectivity index (χ2n) is 6.74. The van der Waals surface area contributed by atoms with Gasteiger partial charge in [0.1, 0.15) is 5.82 Å². The van der Waals surface area contributed by atoms with Crippen molar-refractivity contribution in [1.82, 2.24) is 10.3 Å². The molecule has 0 aromatic carbocycles. The van der Waals surface area contributed by atoms with Crippen molar-refractivity contribution in [3.05, 3.63) is 23.4 Å². The van der Waals surface area contributed by atoms with Crippen LogP contribution in [0.25, 0.3) is 0 Å². The summed E-state index contributed by atoms with van der Waals surface area (Å²) in [5.41, 5.74) is 2.38. The van der Waals surface area contributed by atoms with E-state index in [0.717, 1.165) is 44.2 Å². The SMILES string of the molecule is CCc1cc(CNC(C)C)cc(N2CCOC(C)(C)C2)n1. The van der Waals surface area contributed by atoms with Crippen molar-refractivity contribution >= 4 is 5.82 Å². The van der Waals surface area contributed by atoms with E-state index in [1.807, 2.05) is 0 Å². The number of morpholine rings is 1. The molecule has 0 bridgehead atoms. The minimum Gasteiger partial charge on any atom is -0.372 e. The van der Waals surface area contributed by atoms with Gasteiger partial charge in [0, 0.05) is 31.4 Å². The van der Waals surface area contributed by atoms with Gasteiger partial charge in [-0.25, -0.2) is 4.98 Å². The van der Waals surface area contributed by atoms with E-state index >= 15 is 0 Å². The van der Waals surface area contributed by atoms with Gasteiger partial charge in [-0.15, -0.1) is 0 Å². The van der Waals surface area contributed by atoms with Gasteiger partial charge >= 0.3 is 0 Å². The first-order chi connectivity index (χ1) is 9.89. The van der Waals surface area contributed by atoms with Crippen molar-refractivity contribution in [2.75, 3.05) is 24.6 Å². The standard InChI is InChI=1S/C17H29N3O/c1-6-15-9-14(11-18-13(2)3)10-16(19-15)20-7-8-21-17(4,5)12-20/h9-10,13,18H,6-8,11-12H2,1-5H3. The maximum absolute atomic E-state index is 5.80. The molecule has 0 spiro atoms. The molecule has 1 aliphatic heterocycles. The molecule has 4 nitrogen and oxygen atoms in total. The lowest BCUT2D eigenvalue weighted by Gasteiger charge is -2.39. The van der Waals surface area contributed by atoms with Gasteiger partial charge in [-0.3, -0.25) is 0 Å². The third kappa shape index (κ3) is 4.68. The highest BCUT2D eigenvalue weighted by atomic mass is 16.5. The van der Waals surface area contributed by atoms with Gasteiger partial charge in [-0.2, -0.15) is 0 Å². The molecule has 2 heterocycles. The molecular weight excluding hydrogens is 262 g/mol. The molecule has 1 aromatic heterocycles. The highest BCUT2D eigenvalue weighted by molar-refractivity contribution is 5.43. The van der Waals surface area contributed by atoms with Crippen LogP contribution in [0.4, 0.5) is 5.82 Å². The first-order valence-electron chi connectivity index (χ1n) is 8.02. The maximum atomic E-state index is 5.80. The Morgan fingerprint density at radius 1 is 1.38 bits per heavy atom. The number of rotatable bonds is 5. The molecule has 0 amide bonds. The summed E-state index contributed by atoms with van der Waals surface area (Å²) in [4.78, 5) is 7.16. The van der Waals surface area contributed by atoms with Crippen LogP contribution in [0.15, 0.2) is 12.1 Å². The lowest BCUT2D eigenvalue weighted by atomic mass is 10.1. The number of nitrogens with zero attached hydrogens (tertiary/aromatic N) is 2. The predicted molar refractivity (Wildman–Crippen MR) is 87.8 cm³/mol. The topological polar surface area (TPSA) is 37.4 Å². The minimum atomic E-state index is -0.0987. The fraction of sp³-hybridized carbons (Fsp3) is 0.706. The van der Waals surface area contributed by atoms with Crippen molar-refractivity contribution < 1.29 is 4.74 Å². The van der Waals surface area contributed by atoms with Gasteiger partial charge < -0.3 is 15.0 Å². The molecular formula is C17H29N3O. The molecule has 1 N–H and O–H groups in total. The van der Waals surface area contributed by atoms with Crippen molar-refractivity contribution in [2.24, 2.45) is 0 Å². The Hall–Kier alpha value is -1.13. The predicted octanol–water partition coefficient (Wildman–Crippen LogP) is 2.76. The smallest absolute Gasteiger partial charge is 0.129 e. The largest absolute Gasteiger partial charge is 0.372 e. The first kappa shape index (κ1) is 16.2. The minimum absolute atomic E-state index is 0.0987. The van der Waals surface area contributed by atoms with Gasteiger partial charge in [0.25, 0.3) is 0 Å². The summed E-state index contributed by atoms with van der Waals surface area (Å²) < 4.78 is 5.80. The first-order valence-corrected chi connectivity index (χ1v) is 8.02. The third-order valence-electron chi connectivity index (χ3n) is 3.75. The number of pyridine rings is 1. The van der Waals surface area contributed by atoms with Crippen molar-refractivity contribution in [2.45, 2.75) is 59.2 Å². The zero-order valence-electron chi connectivity index (χ0n) is 14.1. The third-order valence-corrected chi connectivity index (χ3v) is 3.75. The van der Waals surface area contributed by atoms with Crippen molar-refractivity contribution in [1.29, 1.82) is 0 Å². The Morgan fingerprint density at radius 2 is 2.14 bits per heavy atom. The molecule has 1 fully saturated rings. The average molecular weight is 291 g/mol. The average Bonchev–Trinajstić information content (AvgIpc) is 2.43. The number of hydrogen-bond acceptors (Lipinski definition) is 4. The van der Waals surface area contributed by atoms with Crippen LogP contribution in [-0.2, 0) is 17.7 Å². The van der Waals surface area contributed by atoms with Crippen LogP contribution >= 0.6 is 0 Å². The second kappa shape index (κ2) is 6.75. The number of ether oxygens (including phenoxy) is 1. The summed E-state index contributed by atoms with van der Waals surface area (Å²) in [5, 5.41) is 3.49. The quantitative estimate of drug-likeness (QED) is 0.905. The Kier molecular flexibility index (Phi) is 5.22. The van der Waals surface area contributed by atoms with Crippen LogP contribution in [-0.4, -0.2) is 36.3 Å². The molecule has 0 saturated carbocycles. The van der Waals surface area contributed by atoms with Gasteiger partial charge in [0.2, 0.25) is 0 Å². The lowest BCUT2D eigenvalue weighted by Crippen LogP contribution is -2.48. The number of nitrogens with one attached hydrogen (secondary N) is 1. The normalized spacial score (nSPS) is 18.3. The molecule has 1 aromatic rings. The molecule has 0 aliphatic carbocycles. The highest BCUT2D eigenvalue weighted by Gasteiger charge is 2.28. The lowest BCUT2D eigenvalue weighted by molar-refractivity contribution is -0.0279. The Balaban J connectivity index is 2.19. The molecule has 0 unspecified atom stereocenters. The van der Waals surface area contributed by atoms with Crippen LogP contribution in [0, 0.1) is 0 Å². The number of hydrogen-bond donors (Lipinski definition) is 1. The zero-order valence-corrected chi connectivity index (χ0v) is 14.1. The number of aryl methyl sites for hydroxylation is 1. The Bertz CT molecular complexity index is 471. The number of anilines is 1. The van der Waals surface area contributed by atoms with Crippen molar-refractivity contribution in [3.63, 3.8) is 0 Å². The van der Waals surface area contributed by atoms with E-state index in [9.17, 15) is 0 Å². The Morgan fingerprint density at radius 3 is 2.76 bits per heavy atom. The summed E-state index contributed by atoms with van der Waals surface area (Å²) in [6.45, 7) is 14.3. The van der Waals surface area contributed by atoms with Crippen LogP contribution < -0.4 is 10.2 Å². The molecule has 1 saturated heterocycles. The molecule has 1 aliphatic rings. The fourth-order valence-electron chi connectivity index (χ4n) is 2.61. The summed E-state index contributed by atoms with van der Waals surface area (Å²) in [7, 11) is 0. The number of aromatic nitrogens is 1. The molecule has 21 heavy (non-hydrogen) atoms.